The number of aryl methyl sites for hydroxylation is 2. The zero-order valence-corrected chi connectivity index (χ0v) is 12.0. The van der Waals surface area contributed by atoms with Gasteiger partial charge in [-0.1, -0.05) is 24.0 Å². The molecule has 0 saturated heterocycles. The van der Waals surface area contributed by atoms with Crippen LogP contribution in [0.1, 0.15) is 27.3 Å². The molecule has 1 aromatic heterocycles. The molecular weight excluding hydrogens is 264 g/mol. The van der Waals surface area contributed by atoms with Gasteiger partial charge in [0.15, 0.2) is 0 Å². The van der Waals surface area contributed by atoms with Gasteiger partial charge in [-0.15, -0.1) is 0 Å². The van der Waals surface area contributed by atoms with Gasteiger partial charge in [0.25, 0.3) is 5.91 Å². The molecule has 1 amide bonds. The van der Waals surface area contributed by atoms with Crippen LogP contribution >= 0.6 is 0 Å². The first kappa shape index (κ1) is 14.7. The van der Waals surface area contributed by atoms with E-state index in [1.807, 2.05) is 26.0 Å². The van der Waals surface area contributed by atoms with E-state index in [-0.39, 0.29) is 12.5 Å². The molecule has 5 nitrogen and oxygen atoms in total. The molecule has 1 heterocycles. The normalized spacial score (nSPS) is 9.67. The first-order valence-corrected chi connectivity index (χ1v) is 6.52. The van der Waals surface area contributed by atoms with E-state index in [2.05, 4.69) is 27.1 Å². The van der Waals surface area contributed by atoms with Crippen LogP contribution in [0.15, 0.2) is 30.3 Å². The van der Waals surface area contributed by atoms with Crippen LogP contribution in [-0.4, -0.2) is 22.4 Å². The van der Waals surface area contributed by atoms with Gasteiger partial charge in [-0.05, 0) is 32.0 Å². The van der Waals surface area contributed by atoms with Crippen LogP contribution in [0.4, 0.5) is 5.95 Å². The number of nitrogens with one attached hydrogen (secondary N) is 1. The molecule has 0 spiro atoms. The standard InChI is InChI=1S/C16H16N4O/c1-11-10-12(2)19-16(18-11)20-15(21)14-8-4-3-6-13(14)7-5-9-17/h3-4,6,8,10H,9,17H2,1-2H3,(H,18,19,20,21). The highest BCUT2D eigenvalue weighted by molar-refractivity contribution is 6.05. The number of carbonyl (C=O) groups excluding carboxylic acids is 1. The maximum Gasteiger partial charge on any atom is 0.259 e. The third kappa shape index (κ3) is 3.88. The van der Waals surface area contributed by atoms with E-state index in [0.717, 1.165) is 11.4 Å². The predicted molar refractivity (Wildman–Crippen MR) is 81.8 cm³/mol. The molecule has 1 aromatic carbocycles. The molecule has 5 heteroatoms. The Bertz CT molecular complexity index is 708. The molecule has 106 valence electrons. The summed E-state index contributed by atoms with van der Waals surface area (Å²) in [7, 11) is 0. The second-order valence-electron chi connectivity index (χ2n) is 4.48. The van der Waals surface area contributed by atoms with Crippen LogP contribution in [0.25, 0.3) is 0 Å². The highest BCUT2D eigenvalue weighted by atomic mass is 16.1. The number of aromatic nitrogens is 2. The topological polar surface area (TPSA) is 80.9 Å². The summed E-state index contributed by atoms with van der Waals surface area (Å²) in [5.41, 5.74) is 8.07. The molecule has 21 heavy (non-hydrogen) atoms. The number of benzene rings is 1. The van der Waals surface area contributed by atoms with Gasteiger partial charge >= 0.3 is 0 Å². The van der Waals surface area contributed by atoms with E-state index in [4.69, 9.17) is 5.73 Å². The molecule has 0 aliphatic carbocycles. The van der Waals surface area contributed by atoms with Gasteiger partial charge in [0, 0.05) is 17.0 Å². The molecule has 0 saturated carbocycles. The minimum absolute atomic E-state index is 0.246. The van der Waals surface area contributed by atoms with Crippen LogP contribution in [0.3, 0.4) is 0 Å². The lowest BCUT2D eigenvalue weighted by Crippen LogP contribution is -2.16. The summed E-state index contributed by atoms with van der Waals surface area (Å²) in [6.45, 7) is 3.95. The molecule has 0 fully saturated rings. The van der Waals surface area contributed by atoms with Crippen molar-refractivity contribution >= 4 is 11.9 Å². The number of nitrogens with two attached hydrogens (primary N) is 1. The van der Waals surface area contributed by atoms with Crippen molar-refractivity contribution in [2.75, 3.05) is 11.9 Å². The molecular formula is C16H16N4O. The second-order valence-corrected chi connectivity index (χ2v) is 4.48. The fraction of sp³-hybridized carbons (Fsp3) is 0.188. The fourth-order valence-corrected chi connectivity index (χ4v) is 1.89. The van der Waals surface area contributed by atoms with E-state index in [1.165, 1.54) is 0 Å². The van der Waals surface area contributed by atoms with Crippen LogP contribution in [0.2, 0.25) is 0 Å². The number of rotatable bonds is 2. The highest BCUT2D eigenvalue weighted by Gasteiger charge is 2.11. The Morgan fingerprint density at radius 1 is 1.24 bits per heavy atom. The van der Waals surface area contributed by atoms with Crippen LogP contribution in [0, 0.1) is 25.7 Å². The van der Waals surface area contributed by atoms with Crippen molar-refractivity contribution in [2.24, 2.45) is 5.73 Å². The number of anilines is 1. The number of carbonyl (C=O) groups is 1. The van der Waals surface area contributed by atoms with Crippen molar-refractivity contribution < 1.29 is 4.79 Å². The van der Waals surface area contributed by atoms with Crippen molar-refractivity contribution in [3.63, 3.8) is 0 Å². The van der Waals surface area contributed by atoms with Crippen molar-refractivity contribution in [1.82, 2.24) is 9.97 Å². The quantitative estimate of drug-likeness (QED) is 0.820. The smallest absolute Gasteiger partial charge is 0.259 e. The van der Waals surface area contributed by atoms with Crippen molar-refractivity contribution in [2.45, 2.75) is 13.8 Å². The lowest BCUT2D eigenvalue weighted by molar-refractivity contribution is 0.102. The van der Waals surface area contributed by atoms with E-state index in [9.17, 15) is 4.79 Å². The molecule has 0 aliphatic rings. The number of hydrogen-bond acceptors (Lipinski definition) is 4. The van der Waals surface area contributed by atoms with Gasteiger partial charge < -0.3 is 5.73 Å². The Kier molecular flexibility index (Phi) is 4.64. The highest BCUT2D eigenvalue weighted by Crippen LogP contribution is 2.10. The third-order valence-electron chi connectivity index (χ3n) is 2.70. The largest absolute Gasteiger partial charge is 0.320 e. The molecule has 2 aromatic rings. The lowest BCUT2D eigenvalue weighted by atomic mass is 10.1. The summed E-state index contributed by atoms with van der Waals surface area (Å²) in [4.78, 5) is 20.7. The monoisotopic (exact) mass is 280 g/mol. The zero-order valence-electron chi connectivity index (χ0n) is 12.0. The van der Waals surface area contributed by atoms with Crippen molar-refractivity contribution in [1.29, 1.82) is 0 Å². The average Bonchev–Trinajstić information content (AvgIpc) is 2.44. The first-order chi connectivity index (χ1) is 10.1. The SMILES string of the molecule is Cc1cc(C)nc(NC(=O)c2ccccc2C#CCN)n1. The van der Waals surface area contributed by atoms with Gasteiger partial charge in [-0.3, -0.25) is 10.1 Å². The Labute approximate surface area is 123 Å². The van der Waals surface area contributed by atoms with Crippen LogP contribution in [-0.2, 0) is 0 Å². The summed E-state index contributed by atoms with van der Waals surface area (Å²) >= 11 is 0. The summed E-state index contributed by atoms with van der Waals surface area (Å²) in [6.07, 6.45) is 0. The Morgan fingerprint density at radius 3 is 2.57 bits per heavy atom. The van der Waals surface area contributed by atoms with E-state index < -0.39 is 0 Å². The first-order valence-electron chi connectivity index (χ1n) is 6.52. The minimum atomic E-state index is -0.290. The Hall–Kier alpha value is -2.71. The molecule has 3 N–H and O–H groups in total. The zero-order chi connectivity index (χ0) is 15.2. The van der Waals surface area contributed by atoms with Crippen LogP contribution in [0.5, 0.6) is 0 Å². The maximum absolute atomic E-state index is 12.3. The summed E-state index contributed by atoms with van der Waals surface area (Å²) in [5, 5.41) is 2.70. The van der Waals surface area contributed by atoms with Crippen LogP contribution < -0.4 is 11.1 Å². The van der Waals surface area contributed by atoms with Gasteiger partial charge in [-0.25, -0.2) is 9.97 Å². The summed E-state index contributed by atoms with van der Waals surface area (Å²) in [5.74, 6) is 5.64. The molecule has 0 atom stereocenters. The van der Waals surface area contributed by atoms with Gasteiger partial charge in [0.1, 0.15) is 0 Å². The molecule has 0 radical (unpaired) electrons. The molecule has 2 rings (SSSR count). The molecule has 0 unspecified atom stereocenters. The number of amides is 1. The lowest BCUT2D eigenvalue weighted by Gasteiger charge is -2.07. The molecule has 0 aliphatic heterocycles. The van der Waals surface area contributed by atoms with Gasteiger partial charge in [-0.2, -0.15) is 0 Å². The fourth-order valence-electron chi connectivity index (χ4n) is 1.89. The van der Waals surface area contributed by atoms with Gasteiger partial charge in [0.2, 0.25) is 5.95 Å². The minimum Gasteiger partial charge on any atom is -0.320 e. The number of hydrogen-bond donors (Lipinski definition) is 2. The number of nitrogens with zero attached hydrogens (tertiary/aromatic N) is 2. The Balaban J connectivity index is 2.28. The Morgan fingerprint density at radius 2 is 1.90 bits per heavy atom. The van der Waals surface area contributed by atoms with E-state index >= 15 is 0 Å². The van der Waals surface area contributed by atoms with E-state index in [1.54, 1.807) is 18.2 Å². The van der Waals surface area contributed by atoms with Gasteiger partial charge in [0.05, 0.1) is 12.1 Å². The maximum atomic E-state index is 12.3. The second kappa shape index (κ2) is 6.64. The van der Waals surface area contributed by atoms with E-state index in [0.29, 0.717) is 17.1 Å². The predicted octanol–water partition coefficient (Wildman–Crippen LogP) is 1.66. The third-order valence-corrected chi connectivity index (χ3v) is 2.70. The van der Waals surface area contributed by atoms with Crippen molar-refractivity contribution in [3.8, 4) is 11.8 Å². The molecule has 0 bridgehead atoms. The summed E-state index contributed by atoms with van der Waals surface area (Å²) in [6, 6.07) is 8.93. The average molecular weight is 280 g/mol. The van der Waals surface area contributed by atoms with Crippen molar-refractivity contribution in [3.05, 3.63) is 52.8 Å². The summed E-state index contributed by atoms with van der Waals surface area (Å²) < 4.78 is 0.